The summed E-state index contributed by atoms with van der Waals surface area (Å²) in [5.41, 5.74) is 3.65. The minimum Gasteiger partial charge on any atom is -0.461 e. The maximum Gasteiger partial charge on any atom is 0.306 e. The van der Waals surface area contributed by atoms with E-state index in [0.717, 1.165) is 32.1 Å². The van der Waals surface area contributed by atoms with Crippen molar-refractivity contribution in [2.75, 3.05) is 6.61 Å². The Hall–Kier alpha value is -1.83. The number of allylic oxidation sites excluding steroid dienone is 2. The molecule has 1 aromatic rings. The van der Waals surface area contributed by atoms with E-state index in [1.807, 2.05) is 0 Å². The Bertz CT molecular complexity index is 566. The number of hydrogen-bond acceptors (Lipinski definition) is 2. The highest BCUT2D eigenvalue weighted by atomic mass is 16.5. The number of carbonyl (C=O) groups is 1. The minimum absolute atomic E-state index is 0.0812. The minimum atomic E-state index is -0.0812. The summed E-state index contributed by atoms with van der Waals surface area (Å²) in [4.78, 5) is 12.0. The predicted molar refractivity (Wildman–Crippen MR) is 117 cm³/mol. The predicted octanol–water partition coefficient (Wildman–Crippen LogP) is 7.42. The van der Waals surface area contributed by atoms with Crippen molar-refractivity contribution in [2.45, 2.75) is 85.0 Å². The molecule has 1 aromatic carbocycles. The maximum absolute atomic E-state index is 12.0. The zero-order valence-corrected chi connectivity index (χ0v) is 17.6. The Labute approximate surface area is 166 Å². The first kappa shape index (κ1) is 23.2. The average Bonchev–Trinajstić information content (AvgIpc) is 2.67. The van der Waals surface area contributed by atoms with Gasteiger partial charge in [-0.05, 0) is 50.2 Å². The van der Waals surface area contributed by atoms with Gasteiger partial charge in [0.2, 0.25) is 0 Å². The van der Waals surface area contributed by atoms with Crippen LogP contribution in [0, 0.1) is 6.92 Å². The van der Waals surface area contributed by atoms with E-state index in [-0.39, 0.29) is 5.97 Å². The van der Waals surface area contributed by atoms with Crippen LogP contribution in [-0.4, -0.2) is 12.6 Å². The van der Waals surface area contributed by atoms with Gasteiger partial charge in [0.05, 0.1) is 0 Å². The first-order chi connectivity index (χ1) is 13.2. The molecule has 0 atom stereocenters. The molecule has 2 heteroatoms. The highest BCUT2D eigenvalue weighted by molar-refractivity contribution is 5.69. The van der Waals surface area contributed by atoms with Crippen molar-refractivity contribution >= 4 is 12.0 Å². The summed E-state index contributed by atoms with van der Waals surface area (Å²) in [6.45, 7) is 6.92. The molecule has 0 unspecified atom stereocenters. The second-order valence-electron chi connectivity index (χ2n) is 7.34. The fraction of sp³-hybridized carbons (Fsp3) is 0.560. The van der Waals surface area contributed by atoms with Crippen molar-refractivity contribution < 1.29 is 9.53 Å². The van der Waals surface area contributed by atoms with Crippen LogP contribution in [0.4, 0.5) is 0 Å². The quantitative estimate of drug-likeness (QED) is 0.193. The van der Waals surface area contributed by atoms with Crippen LogP contribution in [0.1, 0.15) is 89.2 Å². The molecule has 0 bridgehead atoms. The molecule has 0 spiro atoms. The number of aryl methyl sites for hydroxylation is 1. The van der Waals surface area contributed by atoms with Crippen LogP contribution in [0.2, 0.25) is 0 Å². The number of ether oxygens (including phenoxy) is 1. The zero-order chi connectivity index (χ0) is 19.7. The molecule has 0 aliphatic carbocycles. The van der Waals surface area contributed by atoms with Crippen molar-refractivity contribution in [1.29, 1.82) is 0 Å². The Balaban J connectivity index is 2.42. The third-order valence-corrected chi connectivity index (χ3v) is 4.61. The fourth-order valence-electron chi connectivity index (χ4n) is 2.85. The Morgan fingerprint density at radius 1 is 0.889 bits per heavy atom. The van der Waals surface area contributed by atoms with Crippen molar-refractivity contribution in [3.05, 3.63) is 53.1 Å². The van der Waals surface area contributed by atoms with Crippen molar-refractivity contribution in [3.63, 3.8) is 0 Å². The van der Waals surface area contributed by atoms with Crippen molar-refractivity contribution in [1.82, 2.24) is 0 Å². The van der Waals surface area contributed by atoms with Gasteiger partial charge in [0.15, 0.2) is 0 Å². The molecule has 150 valence electrons. The summed E-state index contributed by atoms with van der Waals surface area (Å²) in [5, 5.41) is 0. The number of benzene rings is 1. The van der Waals surface area contributed by atoms with E-state index < -0.39 is 0 Å². The molecule has 1 rings (SSSR count). The number of rotatable bonds is 14. The van der Waals surface area contributed by atoms with Gasteiger partial charge in [-0.25, -0.2) is 0 Å². The smallest absolute Gasteiger partial charge is 0.306 e. The molecule has 0 heterocycles. The summed E-state index contributed by atoms with van der Waals surface area (Å²) >= 11 is 0. The van der Waals surface area contributed by atoms with Gasteiger partial charge in [0.1, 0.15) is 6.61 Å². The van der Waals surface area contributed by atoms with Gasteiger partial charge in [-0.2, -0.15) is 0 Å². The first-order valence-electron chi connectivity index (χ1n) is 10.7. The van der Waals surface area contributed by atoms with E-state index in [0.29, 0.717) is 13.0 Å². The molecule has 2 nitrogen and oxygen atoms in total. The molecule has 0 aromatic heterocycles. The van der Waals surface area contributed by atoms with Gasteiger partial charge < -0.3 is 4.74 Å². The van der Waals surface area contributed by atoms with Crippen molar-refractivity contribution in [2.24, 2.45) is 0 Å². The van der Waals surface area contributed by atoms with Gasteiger partial charge >= 0.3 is 5.97 Å². The highest BCUT2D eigenvalue weighted by Crippen LogP contribution is 2.15. The SMILES string of the molecule is CCCCC=CCCCC(=O)OCC(=Cc1ccc(C)cc1)CCCCC. The molecule has 0 aliphatic heterocycles. The lowest BCUT2D eigenvalue weighted by molar-refractivity contribution is -0.142. The molecule has 0 fully saturated rings. The highest BCUT2D eigenvalue weighted by Gasteiger charge is 2.05. The van der Waals surface area contributed by atoms with Gasteiger partial charge in [-0.1, -0.05) is 87.6 Å². The number of carbonyl (C=O) groups excluding carboxylic acids is 1. The topological polar surface area (TPSA) is 26.3 Å². The van der Waals surface area contributed by atoms with E-state index in [2.05, 4.69) is 63.3 Å². The van der Waals surface area contributed by atoms with Crippen LogP contribution >= 0.6 is 0 Å². The maximum atomic E-state index is 12.0. The van der Waals surface area contributed by atoms with Gasteiger partial charge in [-0.3, -0.25) is 4.79 Å². The molecule has 0 amide bonds. The summed E-state index contributed by atoms with van der Waals surface area (Å²) in [5.74, 6) is -0.0812. The molecule has 27 heavy (non-hydrogen) atoms. The molecule has 0 saturated heterocycles. The van der Waals surface area contributed by atoms with E-state index in [9.17, 15) is 4.79 Å². The van der Waals surface area contributed by atoms with E-state index >= 15 is 0 Å². The summed E-state index contributed by atoms with van der Waals surface area (Å²) < 4.78 is 5.54. The average molecular weight is 371 g/mol. The second kappa shape index (κ2) is 15.2. The molecule has 0 N–H and O–H groups in total. The Morgan fingerprint density at radius 2 is 1.56 bits per heavy atom. The van der Waals surface area contributed by atoms with Crippen LogP contribution in [0.15, 0.2) is 42.0 Å². The largest absolute Gasteiger partial charge is 0.461 e. The molecular formula is C25H38O2. The number of hydrogen-bond donors (Lipinski definition) is 0. The summed E-state index contributed by atoms with van der Waals surface area (Å²) in [6.07, 6.45) is 17.1. The van der Waals surface area contributed by atoms with Crippen LogP contribution in [0.3, 0.4) is 0 Å². The van der Waals surface area contributed by atoms with Crippen LogP contribution in [0.5, 0.6) is 0 Å². The number of unbranched alkanes of at least 4 members (excludes halogenated alkanes) is 5. The van der Waals surface area contributed by atoms with Crippen LogP contribution in [0.25, 0.3) is 6.08 Å². The second-order valence-corrected chi connectivity index (χ2v) is 7.34. The molecule has 0 radical (unpaired) electrons. The van der Waals surface area contributed by atoms with Crippen LogP contribution < -0.4 is 0 Å². The summed E-state index contributed by atoms with van der Waals surface area (Å²) in [7, 11) is 0. The lowest BCUT2D eigenvalue weighted by atomic mass is 10.0. The molecular weight excluding hydrogens is 332 g/mol. The van der Waals surface area contributed by atoms with E-state index in [1.54, 1.807) is 0 Å². The number of esters is 1. The van der Waals surface area contributed by atoms with Crippen LogP contribution in [-0.2, 0) is 9.53 Å². The normalized spacial score (nSPS) is 11.9. The first-order valence-corrected chi connectivity index (χ1v) is 10.7. The molecule has 0 saturated carbocycles. The fourth-order valence-corrected chi connectivity index (χ4v) is 2.85. The Morgan fingerprint density at radius 3 is 2.22 bits per heavy atom. The lowest BCUT2D eigenvalue weighted by Crippen LogP contribution is -2.07. The van der Waals surface area contributed by atoms with Crippen molar-refractivity contribution in [3.8, 4) is 0 Å². The monoisotopic (exact) mass is 370 g/mol. The lowest BCUT2D eigenvalue weighted by Gasteiger charge is -2.09. The van der Waals surface area contributed by atoms with E-state index in [4.69, 9.17) is 4.74 Å². The molecule has 0 aliphatic rings. The van der Waals surface area contributed by atoms with Gasteiger partial charge in [0, 0.05) is 6.42 Å². The van der Waals surface area contributed by atoms with E-state index in [1.165, 1.54) is 42.4 Å². The zero-order valence-electron chi connectivity index (χ0n) is 17.6. The van der Waals surface area contributed by atoms with Gasteiger partial charge in [0.25, 0.3) is 0 Å². The third kappa shape index (κ3) is 12.2. The third-order valence-electron chi connectivity index (χ3n) is 4.61. The summed E-state index contributed by atoms with van der Waals surface area (Å²) in [6, 6.07) is 8.49. The Kier molecular flexibility index (Phi) is 13.1. The van der Waals surface area contributed by atoms with Gasteiger partial charge in [-0.15, -0.1) is 0 Å². The standard InChI is InChI=1S/C25H38O2/c1-4-6-8-9-10-11-13-15-25(26)27-21-24(14-12-7-5-2)20-23-18-16-22(3)17-19-23/h9-10,16-20H,4-8,11-15,21H2,1-3H3.